The average Bonchev–Trinajstić information content (AvgIpc) is 2.22. The van der Waals surface area contributed by atoms with Crippen LogP contribution in [0.5, 0.6) is 0 Å². The number of hydrogen-bond donors (Lipinski definition) is 0. The zero-order valence-electron chi connectivity index (χ0n) is 9.60. The fourth-order valence-electron chi connectivity index (χ4n) is 1.31. The van der Waals surface area contributed by atoms with Crippen LogP contribution in [0.4, 0.5) is 0 Å². The quantitative estimate of drug-likeness (QED) is 0.423. The summed E-state index contributed by atoms with van der Waals surface area (Å²) in [6.45, 7) is 8.07. The first-order valence-electron chi connectivity index (χ1n) is 5.71. The van der Waals surface area contributed by atoms with Crippen LogP contribution in [0, 0.1) is 0 Å². The van der Waals surface area contributed by atoms with Crippen molar-refractivity contribution in [2.24, 2.45) is 0 Å². The van der Waals surface area contributed by atoms with E-state index in [1.807, 2.05) is 0 Å². The number of thioether (sulfide) groups is 1. The zero-order chi connectivity index (χ0) is 10.6. The molecule has 0 aromatic rings. The summed E-state index contributed by atoms with van der Waals surface area (Å²) in [6.07, 6.45) is 3.80. The summed E-state index contributed by atoms with van der Waals surface area (Å²) in [4.78, 5) is 2.48. The summed E-state index contributed by atoms with van der Waals surface area (Å²) >= 11 is 7.69. The first kappa shape index (κ1) is 14.6. The molecule has 3 heteroatoms. The van der Waals surface area contributed by atoms with Gasteiger partial charge in [0.05, 0.1) is 0 Å². The van der Waals surface area contributed by atoms with E-state index >= 15 is 0 Å². The van der Waals surface area contributed by atoms with Gasteiger partial charge in [-0.3, -0.25) is 0 Å². The normalized spacial score (nSPS) is 11.1. The molecule has 1 nitrogen and oxygen atoms in total. The summed E-state index contributed by atoms with van der Waals surface area (Å²) in [5, 5.41) is 0. The first-order chi connectivity index (χ1) is 6.85. The lowest BCUT2D eigenvalue weighted by molar-refractivity contribution is 0.324. The second-order valence-corrected chi connectivity index (χ2v) is 4.99. The Hall–Kier alpha value is 0.600. The first-order valence-corrected chi connectivity index (χ1v) is 7.40. The lowest BCUT2D eigenvalue weighted by Crippen LogP contribution is -2.25. The average molecular weight is 238 g/mol. The Labute approximate surface area is 98.6 Å². The Bertz CT molecular complexity index is 107. The van der Waals surface area contributed by atoms with Gasteiger partial charge in [-0.05, 0) is 31.7 Å². The molecule has 0 saturated carbocycles. The Balaban J connectivity index is 3.04. The highest BCUT2D eigenvalue weighted by molar-refractivity contribution is 7.99. The molecule has 0 aliphatic heterocycles. The summed E-state index contributed by atoms with van der Waals surface area (Å²) < 4.78 is 0. The lowest BCUT2D eigenvalue weighted by atomic mass is 10.3. The predicted octanol–water partition coefficient (Wildman–Crippen LogP) is 3.47. The van der Waals surface area contributed by atoms with Crippen molar-refractivity contribution < 1.29 is 0 Å². The van der Waals surface area contributed by atoms with Crippen LogP contribution >= 0.6 is 23.4 Å². The molecule has 0 rings (SSSR count). The third-order valence-corrected chi connectivity index (χ3v) is 3.68. The van der Waals surface area contributed by atoms with Gasteiger partial charge in [0.25, 0.3) is 0 Å². The second-order valence-electron chi connectivity index (χ2n) is 3.39. The molecule has 0 aromatic heterocycles. The van der Waals surface area contributed by atoms with Crippen molar-refractivity contribution in [3.05, 3.63) is 0 Å². The van der Waals surface area contributed by atoms with Crippen molar-refractivity contribution in [3.63, 3.8) is 0 Å². The number of alkyl halides is 1. The molecule has 0 spiro atoms. The number of unbranched alkanes of at least 4 members (excludes halogenated alkanes) is 2. The fourth-order valence-corrected chi connectivity index (χ4v) is 2.50. The van der Waals surface area contributed by atoms with Gasteiger partial charge in [-0.2, -0.15) is 11.8 Å². The van der Waals surface area contributed by atoms with Crippen LogP contribution in [0.25, 0.3) is 0 Å². The standard InChI is InChI=1S/C11H24ClNS/c1-3-13(4-2)9-11-14-10-7-5-6-8-12/h3-11H2,1-2H3. The summed E-state index contributed by atoms with van der Waals surface area (Å²) in [5.74, 6) is 3.41. The highest BCUT2D eigenvalue weighted by atomic mass is 35.5. The Morgan fingerprint density at radius 1 is 1.00 bits per heavy atom. The smallest absolute Gasteiger partial charge is 0.0223 e. The van der Waals surface area contributed by atoms with E-state index < -0.39 is 0 Å². The van der Waals surface area contributed by atoms with E-state index in [0.717, 1.165) is 5.88 Å². The van der Waals surface area contributed by atoms with E-state index in [1.165, 1.54) is 50.4 Å². The maximum Gasteiger partial charge on any atom is 0.0223 e. The molecule has 0 aliphatic carbocycles. The van der Waals surface area contributed by atoms with Gasteiger partial charge in [0.15, 0.2) is 0 Å². The Morgan fingerprint density at radius 2 is 1.71 bits per heavy atom. The molecule has 0 saturated heterocycles. The van der Waals surface area contributed by atoms with Crippen LogP contribution in [0.3, 0.4) is 0 Å². The summed E-state index contributed by atoms with van der Waals surface area (Å²) in [6, 6.07) is 0. The van der Waals surface area contributed by atoms with Crippen LogP contribution in [0.15, 0.2) is 0 Å². The molecule has 14 heavy (non-hydrogen) atoms. The number of hydrogen-bond acceptors (Lipinski definition) is 2. The van der Waals surface area contributed by atoms with Crippen molar-refractivity contribution in [2.45, 2.75) is 33.1 Å². The molecule has 0 fully saturated rings. The molecule has 0 aromatic carbocycles. The highest BCUT2D eigenvalue weighted by Crippen LogP contribution is 2.07. The van der Waals surface area contributed by atoms with E-state index in [-0.39, 0.29) is 0 Å². The lowest BCUT2D eigenvalue weighted by Gasteiger charge is -2.17. The van der Waals surface area contributed by atoms with Crippen molar-refractivity contribution in [2.75, 3.05) is 37.0 Å². The maximum atomic E-state index is 5.61. The van der Waals surface area contributed by atoms with E-state index in [0.29, 0.717) is 0 Å². The Kier molecular flexibility index (Phi) is 12.2. The van der Waals surface area contributed by atoms with Crippen molar-refractivity contribution in [1.82, 2.24) is 4.90 Å². The molecule has 0 heterocycles. The van der Waals surface area contributed by atoms with Crippen LogP contribution in [-0.2, 0) is 0 Å². The van der Waals surface area contributed by atoms with Crippen LogP contribution in [-0.4, -0.2) is 41.9 Å². The minimum absolute atomic E-state index is 0.824. The molecule has 86 valence electrons. The molecule has 0 amide bonds. The largest absolute Gasteiger partial charge is 0.303 e. The van der Waals surface area contributed by atoms with Gasteiger partial charge in [-0.15, -0.1) is 11.6 Å². The molecular weight excluding hydrogens is 214 g/mol. The molecule has 0 aliphatic rings. The molecular formula is C11H24ClNS. The van der Waals surface area contributed by atoms with E-state index in [4.69, 9.17) is 11.6 Å². The summed E-state index contributed by atoms with van der Waals surface area (Å²) in [5.41, 5.74) is 0. The van der Waals surface area contributed by atoms with Crippen LogP contribution < -0.4 is 0 Å². The van der Waals surface area contributed by atoms with Gasteiger partial charge < -0.3 is 4.90 Å². The highest BCUT2D eigenvalue weighted by Gasteiger charge is 1.97. The molecule has 0 N–H and O–H groups in total. The van der Waals surface area contributed by atoms with Crippen molar-refractivity contribution >= 4 is 23.4 Å². The van der Waals surface area contributed by atoms with Gasteiger partial charge >= 0.3 is 0 Å². The second kappa shape index (κ2) is 11.7. The number of nitrogens with zero attached hydrogens (tertiary/aromatic N) is 1. The minimum atomic E-state index is 0.824. The Morgan fingerprint density at radius 3 is 2.29 bits per heavy atom. The minimum Gasteiger partial charge on any atom is -0.303 e. The van der Waals surface area contributed by atoms with E-state index in [1.54, 1.807) is 0 Å². The molecule has 0 bridgehead atoms. The predicted molar refractivity (Wildman–Crippen MR) is 69.7 cm³/mol. The van der Waals surface area contributed by atoms with E-state index in [9.17, 15) is 0 Å². The third kappa shape index (κ3) is 9.17. The maximum absolute atomic E-state index is 5.61. The van der Waals surface area contributed by atoms with E-state index in [2.05, 4.69) is 30.5 Å². The van der Waals surface area contributed by atoms with Gasteiger partial charge in [0.2, 0.25) is 0 Å². The van der Waals surface area contributed by atoms with Gasteiger partial charge in [0.1, 0.15) is 0 Å². The topological polar surface area (TPSA) is 3.24 Å². The number of halogens is 1. The zero-order valence-corrected chi connectivity index (χ0v) is 11.2. The number of rotatable bonds is 10. The fraction of sp³-hybridized carbons (Fsp3) is 1.00. The molecule has 0 unspecified atom stereocenters. The van der Waals surface area contributed by atoms with Crippen LogP contribution in [0.1, 0.15) is 33.1 Å². The van der Waals surface area contributed by atoms with Gasteiger partial charge in [-0.1, -0.05) is 20.3 Å². The molecule has 0 radical (unpaired) electrons. The van der Waals surface area contributed by atoms with Crippen molar-refractivity contribution in [1.29, 1.82) is 0 Å². The summed E-state index contributed by atoms with van der Waals surface area (Å²) in [7, 11) is 0. The van der Waals surface area contributed by atoms with Gasteiger partial charge in [-0.25, -0.2) is 0 Å². The SMILES string of the molecule is CCN(CC)CCSCCCCCCl. The van der Waals surface area contributed by atoms with Gasteiger partial charge in [0, 0.05) is 18.2 Å². The van der Waals surface area contributed by atoms with Crippen LogP contribution in [0.2, 0.25) is 0 Å². The monoisotopic (exact) mass is 237 g/mol. The third-order valence-electron chi connectivity index (χ3n) is 2.37. The molecule has 0 atom stereocenters. The van der Waals surface area contributed by atoms with Crippen molar-refractivity contribution in [3.8, 4) is 0 Å².